The third-order valence-electron chi connectivity index (χ3n) is 3.53. The van der Waals surface area contributed by atoms with Crippen molar-refractivity contribution >= 4 is 11.1 Å². The Balaban J connectivity index is 1.93. The van der Waals surface area contributed by atoms with Crippen molar-refractivity contribution in [3.63, 3.8) is 0 Å². The fourth-order valence-corrected chi connectivity index (χ4v) is 2.39. The monoisotopic (exact) mass is 292 g/mol. The van der Waals surface area contributed by atoms with Crippen LogP contribution in [-0.4, -0.2) is 24.9 Å². The molecule has 0 fully saturated rings. The molecule has 108 valence electrons. The van der Waals surface area contributed by atoms with Crippen LogP contribution in [0.2, 0.25) is 0 Å². The van der Waals surface area contributed by atoms with Gasteiger partial charge in [0.15, 0.2) is 5.58 Å². The van der Waals surface area contributed by atoms with E-state index in [-0.39, 0.29) is 5.75 Å². The zero-order valence-corrected chi connectivity index (χ0v) is 11.8. The number of aromatic nitrogens is 4. The number of para-hydroxylation sites is 2. The molecular weight excluding hydrogens is 280 g/mol. The van der Waals surface area contributed by atoms with Crippen LogP contribution in [0, 0.1) is 6.92 Å². The smallest absolute Gasteiger partial charge is 0.231 e. The quantitative estimate of drug-likeness (QED) is 0.614. The van der Waals surface area contributed by atoms with Crippen LogP contribution in [0.4, 0.5) is 0 Å². The predicted octanol–water partition coefficient (Wildman–Crippen LogP) is 3.09. The van der Waals surface area contributed by atoms with Crippen LogP contribution in [-0.2, 0) is 0 Å². The van der Waals surface area contributed by atoms with E-state index < -0.39 is 0 Å². The average molecular weight is 292 g/mol. The molecule has 0 unspecified atom stereocenters. The number of aromatic hydroxyl groups is 1. The van der Waals surface area contributed by atoms with E-state index in [4.69, 9.17) is 4.42 Å². The van der Waals surface area contributed by atoms with Gasteiger partial charge in [-0.3, -0.25) is 4.57 Å². The van der Waals surface area contributed by atoms with Crippen LogP contribution < -0.4 is 0 Å². The maximum absolute atomic E-state index is 10.4. The number of hydrogen-bond donors (Lipinski definition) is 1. The standard InChI is InChI=1S/C16H12N4O2/c1-10-6-11(20-8-17-18-9-20)7-12(15(10)21)16-19-13-4-2-3-5-14(13)22-16/h2-9,21H,1H3. The summed E-state index contributed by atoms with van der Waals surface area (Å²) in [5.74, 6) is 0.542. The molecule has 22 heavy (non-hydrogen) atoms. The molecule has 4 aromatic rings. The maximum atomic E-state index is 10.4. The predicted molar refractivity (Wildman–Crippen MR) is 80.8 cm³/mol. The van der Waals surface area contributed by atoms with E-state index in [1.165, 1.54) is 0 Å². The first-order valence-corrected chi connectivity index (χ1v) is 6.77. The molecule has 1 N–H and O–H groups in total. The number of fused-ring (bicyclic) bond motifs is 1. The Morgan fingerprint density at radius 3 is 2.64 bits per heavy atom. The van der Waals surface area contributed by atoms with E-state index >= 15 is 0 Å². The van der Waals surface area contributed by atoms with Crippen molar-refractivity contribution in [2.75, 3.05) is 0 Å². The van der Waals surface area contributed by atoms with Gasteiger partial charge in [0.2, 0.25) is 5.89 Å². The zero-order chi connectivity index (χ0) is 15.1. The number of aryl methyl sites for hydroxylation is 1. The van der Waals surface area contributed by atoms with Crippen molar-refractivity contribution in [1.82, 2.24) is 19.7 Å². The van der Waals surface area contributed by atoms with Crippen LogP contribution in [0.15, 0.2) is 53.5 Å². The van der Waals surface area contributed by atoms with Gasteiger partial charge in [0.25, 0.3) is 0 Å². The van der Waals surface area contributed by atoms with Gasteiger partial charge < -0.3 is 9.52 Å². The number of hydrogen-bond acceptors (Lipinski definition) is 5. The lowest BCUT2D eigenvalue weighted by Crippen LogP contribution is -1.93. The summed E-state index contributed by atoms with van der Waals surface area (Å²) >= 11 is 0. The van der Waals surface area contributed by atoms with Crippen LogP contribution in [0.5, 0.6) is 5.75 Å². The normalized spacial score (nSPS) is 11.1. The second-order valence-corrected chi connectivity index (χ2v) is 5.01. The highest BCUT2D eigenvalue weighted by atomic mass is 16.3. The first kappa shape index (κ1) is 12.6. The number of phenols is 1. The number of nitrogens with zero attached hydrogens (tertiary/aromatic N) is 4. The molecule has 0 amide bonds. The molecule has 0 saturated carbocycles. The Morgan fingerprint density at radius 2 is 1.86 bits per heavy atom. The molecule has 0 aliphatic rings. The van der Waals surface area contributed by atoms with Gasteiger partial charge in [-0.05, 0) is 36.8 Å². The summed E-state index contributed by atoms with van der Waals surface area (Å²) in [6.45, 7) is 1.83. The van der Waals surface area contributed by atoms with Gasteiger partial charge in [-0.25, -0.2) is 4.98 Å². The second kappa shape index (κ2) is 4.70. The van der Waals surface area contributed by atoms with Crippen molar-refractivity contribution in [2.24, 2.45) is 0 Å². The average Bonchev–Trinajstić information content (AvgIpc) is 3.18. The number of benzene rings is 2. The highest BCUT2D eigenvalue weighted by molar-refractivity contribution is 5.78. The first-order valence-electron chi connectivity index (χ1n) is 6.77. The molecule has 6 nitrogen and oxygen atoms in total. The third kappa shape index (κ3) is 1.93. The zero-order valence-electron chi connectivity index (χ0n) is 11.8. The van der Waals surface area contributed by atoms with Gasteiger partial charge in [0.1, 0.15) is 23.9 Å². The minimum absolute atomic E-state index is 0.156. The van der Waals surface area contributed by atoms with Gasteiger partial charge in [-0.1, -0.05) is 12.1 Å². The SMILES string of the molecule is Cc1cc(-n2cnnc2)cc(-c2nc3ccccc3o2)c1O. The van der Waals surface area contributed by atoms with Gasteiger partial charge in [-0.2, -0.15) is 0 Å². The summed E-state index contributed by atoms with van der Waals surface area (Å²) < 4.78 is 7.51. The third-order valence-corrected chi connectivity index (χ3v) is 3.53. The molecule has 2 aromatic carbocycles. The molecular formula is C16H12N4O2. The molecule has 0 aliphatic carbocycles. The molecule has 0 spiro atoms. The van der Waals surface area contributed by atoms with Gasteiger partial charge in [-0.15, -0.1) is 10.2 Å². The highest BCUT2D eigenvalue weighted by Crippen LogP contribution is 2.35. The Kier molecular flexibility index (Phi) is 2.69. The van der Waals surface area contributed by atoms with Gasteiger partial charge in [0.05, 0.1) is 5.56 Å². The van der Waals surface area contributed by atoms with Crippen molar-refractivity contribution < 1.29 is 9.52 Å². The van der Waals surface area contributed by atoms with Crippen molar-refractivity contribution in [2.45, 2.75) is 6.92 Å². The van der Waals surface area contributed by atoms with Crippen LogP contribution >= 0.6 is 0 Å². The summed E-state index contributed by atoms with van der Waals surface area (Å²) in [5, 5.41) is 18.0. The van der Waals surface area contributed by atoms with Crippen molar-refractivity contribution in [3.8, 4) is 22.9 Å². The topological polar surface area (TPSA) is 77.0 Å². The lowest BCUT2D eigenvalue weighted by atomic mass is 10.1. The Morgan fingerprint density at radius 1 is 1.09 bits per heavy atom. The highest BCUT2D eigenvalue weighted by Gasteiger charge is 2.15. The van der Waals surface area contributed by atoms with E-state index in [9.17, 15) is 5.11 Å². The number of rotatable bonds is 2. The van der Waals surface area contributed by atoms with Gasteiger partial charge in [0, 0.05) is 5.69 Å². The van der Waals surface area contributed by atoms with Crippen LogP contribution in [0.3, 0.4) is 0 Å². The van der Waals surface area contributed by atoms with Crippen molar-refractivity contribution in [1.29, 1.82) is 0 Å². The first-order chi connectivity index (χ1) is 10.7. The largest absolute Gasteiger partial charge is 0.507 e. The lowest BCUT2D eigenvalue weighted by molar-refractivity contribution is 0.470. The molecule has 0 atom stereocenters. The lowest BCUT2D eigenvalue weighted by Gasteiger charge is -2.08. The Labute approximate surface area is 125 Å². The molecule has 0 aliphatic heterocycles. The second-order valence-electron chi connectivity index (χ2n) is 5.01. The molecule has 6 heteroatoms. The Hall–Kier alpha value is -3.15. The minimum atomic E-state index is 0.156. The van der Waals surface area contributed by atoms with Crippen LogP contribution in [0.25, 0.3) is 28.2 Å². The van der Waals surface area contributed by atoms with E-state index in [0.717, 1.165) is 16.8 Å². The fraction of sp³-hybridized carbons (Fsp3) is 0.0625. The Bertz CT molecular complexity index is 925. The maximum Gasteiger partial charge on any atom is 0.231 e. The van der Waals surface area contributed by atoms with E-state index in [1.54, 1.807) is 23.3 Å². The van der Waals surface area contributed by atoms with E-state index in [0.29, 0.717) is 17.0 Å². The number of phenolic OH excluding ortho intramolecular Hbond substituents is 1. The molecule has 2 aromatic heterocycles. The van der Waals surface area contributed by atoms with Crippen LogP contribution in [0.1, 0.15) is 5.56 Å². The molecule has 0 saturated heterocycles. The number of oxazole rings is 1. The summed E-state index contributed by atoms with van der Waals surface area (Å²) in [5.41, 5.74) is 3.54. The summed E-state index contributed by atoms with van der Waals surface area (Å²) in [7, 11) is 0. The molecule has 0 bridgehead atoms. The summed E-state index contributed by atoms with van der Waals surface area (Å²) in [6, 6.07) is 11.2. The van der Waals surface area contributed by atoms with E-state index in [2.05, 4.69) is 15.2 Å². The minimum Gasteiger partial charge on any atom is -0.507 e. The van der Waals surface area contributed by atoms with Gasteiger partial charge >= 0.3 is 0 Å². The van der Waals surface area contributed by atoms with Crippen molar-refractivity contribution in [3.05, 3.63) is 54.6 Å². The summed E-state index contributed by atoms with van der Waals surface area (Å²) in [4.78, 5) is 4.44. The fourth-order valence-electron chi connectivity index (χ4n) is 2.39. The van der Waals surface area contributed by atoms with E-state index in [1.807, 2.05) is 37.3 Å². The molecule has 0 radical (unpaired) electrons. The summed E-state index contributed by atoms with van der Waals surface area (Å²) in [6.07, 6.45) is 3.20. The molecule has 2 heterocycles. The molecule has 4 rings (SSSR count).